The molecule has 162 valence electrons. The second-order valence-corrected chi connectivity index (χ2v) is 8.72. The average molecular weight is 443 g/mol. The number of ether oxygens (including phenoxy) is 2. The summed E-state index contributed by atoms with van der Waals surface area (Å²) in [6.07, 6.45) is 0. The highest BCUT2D eigenvalue weighted by Gasteiger charge is 2.26. The monoisotopic (exact) mass is 442 g/mol. The Morgan fingerprint density at radius 2 is 1.38 bits per heavy atom. The molecule has 1 atom stereocenters. The van der Waals surface area contributed by atoms with Crippen LogP contribution in [0.5, 0.6) is 23.0 Å². The molecule has 0 radical (unpaired) electrons. The standard InChI is InChI=1S/C27H26N2O2S/c1-3-8-22(9-4-1)30-24-14-13-21(20-25(24)31-23-10-5-2-6-11-23)27(26-12-7-19-32-26)29-17-15-28-16-18-29/h1-14,19-20,27-28H,15-18H2/t27-/m0/s1. The number of benzene rings is 3. The Hall–Kier alpha value is -3.12. The van der Waals surface area contributed by atoms with Crippen LogP contribution in [0.1, 0.15) is 16.5 Å². The predicted molar refractivity (Wildman–Crippen MR) is 130 cm³/mol. The van der Waals surface area contributed by atoms with Crippen molar-refractivity contribution in [2.45, 2.75) is 6.04 Å². The summed E-state index contributed by atoms with van der Waals surface area (Å²) >= 11 is 1.80. The third-order valence-electron chi connectivity index (χ3n) is 5.55. The van der Waals surface area contributed by atoms with Gasteiger partial charge in [0.05, 0.1) is 6.04 Å². The van der Waals surface area contributed by atoms with Crippen molar-refractivity contribution in [2.75, 3.05) is 26.2 Å². The van der Waals surface area contributed by atoms with E-state index in [0.29, 0.717) is 11.5 Å². The third-order valence-corrected chi connectivity index (χ3v) is 6.48. The van der Waals surface area contributed by atoms with Gasteiger partial charge in [0.1, 0.15) is 11.5 Å². The highest BCUT2D eigenvalue weighted by molar-refractivity contribution is 7.10. The number of thiophene rings is 1. The molecule has 1 N–H and O–H groups in total. The molecule has 5 rings (SSSR count). The number of rotatable bonds is 7. The van der Waals surface area contributed by atoms with E-state index in [1.165, 1.54) is 10.4 Å². The van der Waals surface area contributed by atoms with Gasteiger partial charge in [0.25, 0.3) is 0 Å². The minimum atomic E-state index is 0.195. The van der Waals surface area contributed by atoms with Gasteiger partial charge in [-0.15, -0.1) is 11.3 Å². The Morgan fingerprint density at radius 1 is 0.719 bits per heavy atom. The summed E-state index contributed by atoms with van der Waals surface area (Å²) in [5.74, 6) is 3.00. The normalized spacial score (nSPS) is 15.2. The van der Waals surface area contributed by atoms with Crippen LogP contribution in [0, 0.1) is 0 Å². The fourth-order valence-corrected chi connectivity index (χ4v) is 4.92. The van der Waals surface area contributed by atoms with Crippen molar-refractivity contribution < 1.29 is 9.47 Å². The van der Waals surface area contributed by atoms with Gasteiger partial charge in [-0.3, -0.25) is 4.90 Å². The van der Waals surface area contributed by atoms with E-state index in [1.54, 1.807) is 11.3 Å². The van der Waals surface area contributed by atoms with Crippen molar-refractivity contribution in [1.29, 1.82) is 0 Å². The zero-order valence-corrected chi connectivity index (χ0v) is 18.6. The first-order valence-corrected chi connectivity index (χ1v) is 11.8. The Morgan fingerprint density at radius 3 is 2.00 bits per heavy atom. The molecule has 1 aliphatic heterocycles. The summed E-state index contributed by atoms with van der Waals surface area (Å²) in [5.41, 5.74) is 1.21. The van der Waals surface area contributed by atoms with Gasteiger partial charge in [0.2, 0.25) is 0 Å². The van der Waals surface area contributed by atoms with Gasteiger partial charge in [0.15, 0.2) is 11.5 Å². The minimum absolute atomic E-state index is 0.195. The topological polar surface area (TPSA) is 33.7 Å². The minimum Gasteiger partial charge on any atom is -0.453 e. The van der Waals surface area contributed by atoms with Crippen molar-refractivity contribution in [3.8, 4) is 23.0 Å². The van der Waals surface area contributed by atoms with Crippen LogP contribution in [0.4, 0.5) is 0 Å². The number of nitrogens with zero attached hydrogens (tertiary/aromatic N) is 1. The fraction of sp³-hybridized carbons (Fsp3) is 0.185. The SMILES string of the molecule is c1ccc(Oc2ccc([C@@H](c3cccs3)N3CCNCC3)cc2Oc2ccccc2)cc1. The summed E-state index contributed by atoms with van der Waals surface area (Å²) in [4.78, 5) is 3.89. The van der Waals surface area contributed by atoms with Crippen LogP contribution in [0.3, 0.4) is 0 Å². The van der Waals surface area contributed by atoms with E-state index >= 15 is 0 Å². The molecule has 1 aromatic heterocycles. The molecule has 2 heterocycles. The molecule has 0 unspecified atom stereocenters. The van der Waals surface area contributed by atoms with Gasteiger partial charge in [-0.2, -0.15) is 0 Å². The molecule has 0 amide bonds. The van der Waals surface area contributed by atoms with Crippen LogP contribution in [-0.4, -0.2) is 31.1 Å². The predicted octanol–water partition coefficient (Wildman–Crippen LogP) is 6.33. The van der Waals surface area contributed by atoms with E-state index in [4.69, 9.17) is 9.47 Å². The van der Waals surface area contributed by atoms with Gasteiger partial charge in [-0.1, -0.05) is 48.5 Å². The molecule has 32 heavy (non-hydrogen) atoms. The first kappa shape index (κ1) is 20.8. The summed E-state index contributed by atoms with van der Waals surface area (Å²) in [7, 11) is 0. The van der Waals surface area contributed by atoms with E-state index in [1.807, 2.05) is 66.7 Å². The van der Waals surface area contributed by atoms with E-state index in [9.17, 15) is 0 Å². The van der Waals surface area contributed by atoms with Gasteiger partial charge < -0.3 is 14.8 Å². The summed E-state index contributed by atoms with van der Waals surface area (Å²) in [6.45, 7) is 4.04. The maximum Gasteiger partial charge on any atom is 0.170 e. The lowest BCUT2D eigenvalue weighted by Crippen LogP contribution is -2.45. The van der Waals surface area contributed by atoms with Crippen LogP contribution >= 0.6 is 11.3 Å². The zero-order chi connectivity index (χ0) is 21.6. The number of nitrogens with one attached hydrogen (secondary N) is 1. The van der Waals surface area contributed by atoms with E-state index in [2.05, 4.69) is 39.9 Å². The molecular weight excluding hydrogens is 416 g/mol. The van der Waals surface area contributed by atoms with Crippen LogP contribution in [-0.2, 0) is 0 Å². The molecule has 5 heteroatoms. The summed E-state index contributed by atoms with van der Waals surface area (Å²) in [5, 5.41) is 5.62. The first-order valence-electron chi connectivity index (χ1n) is 10.9. The highest BCUT2D eigenvalue weighted by atomic mass is 32.1. The summed E-state index contributed by atoms with van der Waals surface area (Å²) < 4.78 is 12.5. The largest absolute Gasteiger partial charge is 0.453 e. The molecule has 0 saturated carbocycles. The lowest BCUT2D eigenvalue weighted by molar-refractivity contribution is 0.200. The Kier molecular flexibility index (Phi) is 6.49. The Bertz CT molecular complexity index is 1110. The van der Waals surface area contributed by atoms with E-state index in [-0.39, 0.29) is 6.04 Å². The van der Waals surface area contributed by atoms with E-state index in [0.717, 1.165) is 37.7 Å². The maximum atomic E-state index is 6.32. The number of hydrogen-bond donors (Lipinski definition) is 1. The third kappa shape index (κ3) is 4.86. The van der Waals surface area contributed by atoms with Crippen molar-refractivity contribution in [1.82, 2.24) is 10.2 Å². The molecule has 0 bridgehead atoms. The van der Waals surface area contributed by atoms with Crippen LogP contribution in [0.25, 0.3) is 0 Å². The van der Waals surface area contributed by atoms with Gasteiger partial charge in [-0.05, 0) is 53.4 Å². The molecule has 1 fully saturated rings. The molecule has 4 aromatic rings. The van der Waals surface area contributed by atoms with Crippen LogP contribution < -0.4 is 14.8 Å². The number of piperazine rings is 1. The zero-order valence-electron chi connectivity index (χ0n) is 17.8. The summed E-state index contributed by atoms with van der Waals surface area (Å²) in [6, 6.07) is 30.6. The lowest BCUT2D eigenvalue weighted by Gasteiger charge is -2.35. The molecule has 0 spiro atoms. The molecule has 1 aliphatic rings. The van der Waals surface area contributed by atoms with Gasteiger partial charge >= 0.3 is 0 Å². The second-order valence-electron chi connectivity index (χ2n) is 7.74. The number of hydrogen-bond acceptors (Lipinski definition) is 5. The van der Waals surface area contributed by atoms with Crippen LogP contribution in [0.15, 0.2) is 96.4 Å². The molecule has 3 aromatic carbocycles. The lowest BCUT2D eigenvalue weighted by atomic mass is 10.0. The van der Waals surface area contributed by atoms with Crippen molar-refractivity contribution in [3.63, 3.8) is 0 Å². The average Bonchev–Trinajstić information content (AvgIpc) is 3.37. The second kappa shape index (κ2) is 10.0. The van der Waals surface area contributed by atoms with Crippen molar-refractivity contribution in [2.24, 2.45) is 0 Å². The Balaban J connectivity index is 1.53. The van der Waals surface area contributed by atoms with Gasteiger partial charge in [0, 0.05) is 31.1 Å². The fourth-order valence-electron chi connectivity index (χ4n) is 4.03. The highest BCUT2D eigenvalue weighted by Crippen LogP contribution is 2.40. The van der Waals surface area contributed by atoms with Crippen molar-refractivity contribution in [3.05, 3.63) is 107 Å². The number of para-hydroxylation sites is 2. The smallest absolute Gasteiger partial charge is 0.170 e. The van der Waals surface area contributed by atoms with E-state index < -0.39 is 0 Å². The molecule has 1 saturated heterocycles. The van der Waals surface area contributed by atoms with Crippen LogP contribution in [0.2, 0.25) is 0 Å². The Labute approximate surface area is 193 Å². The maximum absolute atomic E-state index is 6.32. The van der Waals surface area contributed by atoms with Gasteiger partial charge in [-0.25, -0.2) is 0 Å². The quantitative estimate of drug-likeness (QED) is 0.363. The van der Waals surface area contributed by atoms with Crippen molar-refractivity contribution >= 4 is 11.3 Å². The molecular formula is C27H26N2O2S. The molecule has 4 nitrogen and oxygen atoms in total. The molecule has 0 aliphatic carbocycles. The first-order chi connectivity index (χ1) is 15.9.